The third-order valence-electron chi connectivity index (χ3n) is 5.34. The molecule has 28 heavy (non-hydrogen) atoms. The highest BCUT2D eigenvalue weighted by atomic mass is 19.1. The number of carbonyl (C=O) groups is 1. The molecule has 0 spiro atoms. The summed E-state index contributed by atoms with van der Waals surface area (Å²) in [5, 5.41) is 4.12. The van der Waals surface area contributed by atoms with Gasteiger partial charge in [-0.15, -0.1) is 0 Å². The molecule has 3 heterocycles. The molecule has 1 aromatic heterocycles. The summed E-state index contributed by atoms with van der Waals surface area (Å²) in [6.45, 7) is 2.78. The molecule has 2 fully saturated rings. The molecular weight excluding hydrogens is 365 g/mol. The van der Waals surface area contributed by atoms with Crippen molar-refractivity contribution in [3.8, 4) is 5.75 Å². The fraction of sp³-hybridized carbons (Fsp3) is 0.550. The van der Waals surface area contributed by atoms with Crippen LogP contribution in [0, 0.1) is 11.7 Å². The maximum absolute atomic E-state index is 12.9. The predicted molar refractivity (Wildman–Crippen MR) is 97.4 cm³/mol. The number of benzene rings is 1. The van der Waals surface area contributed by atoms with Gasteiger partial charge in [0.15, 0.2) is 12.4 Å². The van der Waals surface area contributed by atoms with E-state index in [9.17, 15) is 9.18 Å². The summed E-state index contributed by atoms with van der Waals surface area (Å²) in [5.74, 6) is 2.11. The molecule has 2 aliphatic rings. The average molecular weight is 389 g/mol. The molecule has 2 saturated heterocycles. The third kappa shape index (κ3) is 4.67. The molecule has 0 bridgehead atoms. The Labute approximate surface area is 162 Å². The number of ether oxygens (including phenoxy) is 2. The van der Waals surface area contributed by atoms with Gasteiger partial charge < -0.3 is 18.9 Å². The Hall–Kier alpha value is -2.48. The molecule has 8 heteroatoms. The van der Waals surface area contributed by atoms with Gasteiger partial charge in [-0.2, -0.15) is 4.98 Å². The Kier molecular flexibility index (Phi) is 5.85. The van der Waals surface area contributed by atoms with E-state index in [2.05, 4.69) is 10.1 Å². The lowest BCUT2D eigenvalue weighted by molar-refractivity contribution is -0.132. The van der Waals surface area contributed by atoms with E-state index in [0.29, 0.717) is 48.8 Å². The Morgan fingerprint density at radius 3 is 2.79 bits per heavy atom. The Morgan fingerprint density at radius 2 is 2.00 bits per heavy atom. The lowest BCUT2D eigenvalue weighted by Gasteiger charge is -2.18. The SMILES string of the molecule is O=C(COc1ccc(F)cc1)N1CCC(Cc2noc(C3CCOCC3)n2)C1. The lowest BCUT2D eigenvalue weighted by Crippen LogP contribution is -2.33. The van der Waals surface area contributed by atoms with Crippen molar-refractivity contribution in [2.75, 3.05) is 32.9 Å². The van der Waals surface area contributed by atoms with E-state index in [-0.39, 0.29) is 18.3 Å². The molecule has 2 aliphatic heterocycles. The molecule has 0 N–H and O–H groups in total. The van der Waals surface area contributed by atoms with Gasteiger partial charge in [-0.3, -0.25) is 4.79 Å². The van der Waals surface area contributed by atoms with Crippen LogP contribution >= 0.6 is 0 Å². The van der Waals surface area contributed by atoms with E-state index in [4.69, 9.17) is 14.0 Å². The van der Waals surface area contributed by atoms with Crippen LogP contribution in [0.4, 0.5) is 4.39 Å². The van der Waals surface area contributed by atoms with Crippen LogP contribution in [0.2, 0.25) is 0 Å². The number of halogens is 1. The quantitative estimate of drug-likeness (QED) is 0.756. The summed E-state index contributed by atoms with van der Waals surface area (Å²) in [7, 11) is 0. The Balaban J connectivity index is 1.24. The molecule has 0 saturated carbocycles. The fourth-order valence-corrected chi connectivity index (χ4v) is 3.71. The highest BCUT2D eigenvalue weighted by molar-refractivity contribution is 5.78. The minimum Gasteiger partial charge on any atom is -0.484 e. The van der Waals surface area contributed by atoms with E-state index in [1.165, 1.54) is 24.3 Å². The van der Waals surface area contributed by atoms with Crippen LogP contribution in [0.1, 0.15) is 36.9 Å². The van der Waals surface area contributed by atoms with Crippen molar-refractivity contribution < 1.29 is 23.2 Å². The van der Waals surface area contributed by atoms with E-state index >= 15 is 0 Å². The molecular formula is C20H24FN3O4. The number of nitrogens with zero attached hydrogens (tertiary/aromatic N) is 3. The average Bonchev–Trinajstić information content (AvgIpc) is 3.38. The molecule has 7 nitrogen and oxygen atoms in total. The van der Waals surface area contributed by atoms with Gasteiger partial charge in [0.2, 0.25) is 5.89 Å². The predicted octanol–water partition coefficient (Wildman–Crippen LogP) is 2.57. The fourth-order valence-electron chi connectivity index (χ4n) is 3.71. The minimum absolute atomic E-state index is 0.0472. The maximum atomic E-state index is 12.9. The summed E-state index contributed by atoms with van der Waals surface area (Å²) in [5.41, 5.74) is 0. The molecule has 0 aliphatic carbocycles. The van der Waals surface area contributed by atoms with Gasteiger partial charge in [0, 0.05) is 38.6 Å². The summed E-state index contributed by atoms with van der Waals surface area (Å²) in [6, 6.07) is 5.65. The highest BCUT2D eigenvalue weighted by Gasteiger charge is 2.29. The number of rotatable bonds is 6. The third-order valence-corrected chi connectivity index (χ3v) is 5.34. The number of likely N-dealkylation sites (tertiary alicyclic amines) is 1. The van der Waals surface area contributed by atoms with E-state index in [1.807, 2.05) is 0 Å². The second-order valence-electron chi connectivity index (χ2n) is 7.38. The van der Waals surface area contributed by atoms with E-state index in [1.54, 1.807) is 4.90 Å². The van der Waals surface area contributed by atoms with E-state index < -0.39 is 0 Å². The molecule has 150 valence electrons. The largest absolute Gasteiger partial charge is 0.484 e. The monoisotopic (exact) mass is 389 g/mol. The summed E-state index contributed by atoms with van der Waals surface area (Å²) in [4.78, 5) is 18.7. The van der Waals surface area contributed by atoms with Crippen LogP contribution in [0.15, 0.2) is 28.8 Å². The van der Waals surface area contributed by atoms with Crippen LogP contribution < -0.4 is 4.74 Å². The number of hydrogen-bond acceptors (Lipinski definition) is 6. The first-order chi connectivity index (χ1) is 13.7. The van der Waals surface area contributed by atoms with Gasteiger partial charge in [0.25, 0.3) is 5.91 Å². The molecule has 1 amide bonds. The summed E-state index contributed by atoms with van der Waals surface area (Å²) < 4.78 is 29.2. The van der Waals surface area contributed by atoms with Gasteiger partial charge in [-0.05, 0) is 49.4 Å². The maximum Gasteiger partial charge on any atom is 0.260 e. The minimum atomic E-state index is -0.331. The smallest absolute Gasteiger partial charge is 0.260 e. The zero-order valence-corrected chi connectivity index (χ0v) is 15.7. The first-order valence-corrected chi connectivity index (χ1v) is 9.74. The van der Waals surface area contributed by atoms with Crippen molar-refractivity contribution in [1.82, 2.24) is 15.0 Å². The van der Waals surface area contributed by atoms with Crippen LogP contribution in [0.3, 0.4) is 0 Å². The Bertz CT molecular complexity index is 789. The van der Waals surface area contributed by atoms with Crippen LogP contribution in [0.25, 0.3) is 0 Å². The highest BCUT2D eigenvalue weighted by Crippen LogP contribution is 2.26. The molecule has 1 aromatic carbocycles. The van der Waals surface area contributed by atoms with Crippen LogP contribution in [-0.4, -0.2) is 53.9 Å². The molecule has 1 atom stereocenters. The first kappa shape index (κ1) is 18.9. The van der Waals surface area contributed by atoms with Crippen molar-refractivity contribution in [3.05, 3.63) is 41.8 Å². The number of amides is 1. The van der Waals surface area contributed by atoms with Gasteiger partial charge in [0.05, 0.1) is 0 Å². The molecule has 1 unspecified atom stereocenters. The number of hydrogen-bond donors (Lipinski definition) is 0. The van der Waals surface area contributed by atoms with E-state index in [0.717, 1.165) is 32.5 Å². The van der Waals surface area contributed by atoms with Crippen molar-refractivity contribution in [2.45, 2.75) is 31.6 Å². The van der Waals surface area contributed by atoms with Crippen molar-refractivity contribution in [1.29, 1.82) is 0 Å². The second kappa shape index (κ2) is 8.68. The summed E-state index contributed by atoms with van der Waals surface area (Å²) >= 11 is 0. The normalized spacial score (nSPS) is 20.5. The van der Waals surface area contributed by atoms with Gasteiger partial charge in [-0.1, -0.05) is 5.16 Å². The zero-order chi connectivity index (χ0) is 19.3. The second-order valence-corrected chi connectivity index (χ2v) is 7.38. The molecule has 4 rings (SSSR count). The lowest BCUT2D eigenvalue weighted by atomic mass is 10.0. The Morgan fingerprint density at radius 1 is 1.21 bits per heavy atom. The van der Waals surface area contributed by atoms with Gasteiger partial charge in [-0.25, -0.2) is 4.39 Å². The van der Waals surface area contributed by atoms with Crippen LogP contribution in [-0.2, 0) is 16.0 Å². The topological polar surface area (TPSA) is 77.7 Å². The standard InChI is InChI=1S/C20H24FN3O4/c21-16-1-3-17(4-2-16)27-13-19(25)24-8-5-14(12-24)11-18-22-20(28-23-18)15-6-9-26-10-7-15/h1-4,14-15H,5-13H2. The van der Waals surface area contributed by atoms with Crippen molar-refractivity contribution >= 4 is 5.91 Å². The molecule has 2 aromatic rings. The van der Waals surface area contributed by atoms with Gasteiger partial charge in [0.1, 0.15) is 11.6 Å². The number of carbonyl (C=O) groups excluding carboxylic acids is 1. The van der Waals surface area contributed by atoms with Crippen molar-refractivity contribution in [3.63, 3.8) is 0 Å². The number of aromatic nitrogens is 2. The molecule has 0 radical (unpaired) electrons. The summed E-state index contributed by atoms with van der Waals surface area (Å²) in [6.07, 6.45) is 3.45. The first-order valence-electron chi connectivity index (χ1n) is 9.74. The van der Waals surface area contributed by atoms with Crippen LogP contribution in [0.5, 0.6) is 5.75 Å². The van der Waals surface area contributed by atoms with Crippen molar-refractivity contribution in [2.24, 2.45) is 5.92 Å². The zero-order valence-electron chi connectivity index (χ0n) is 15.7. The van der Waals surface area contributed by atoms with Gasteiger partial charge >= 0.3 is 0 Å².